The van der Waals surface area contributed by atoms with Crippen molar-refractivity contribution in [2.75, 3.05) is 5.32 Å². The Bertz CT molecular complexity index is 1170. The molecule has 0 spiro atoms. The molecule has 1 N–H and O–H groups in total. The van der Waals surface area contributed by atoms with Crippen LogP contribution in [0.5, 0.6) is 0 Å². The van der Waals surface area contributed by atoms with Gasteiger partial charge in [0.1, 0.15) is 6.54 Å². The van der Waals surface area contributed by atoms with Gasteiger partial charge in [-0.25, -0.2) is 4.68 Å². The number of rotatable bonds is 4. The fourth-order valence-corrected chi connectivity index (χ4v) is 2.84. The normalized spacial score (nSPS) is 10.7. The predicted octanol–water partition coefficient (Wildman–Crippen LogP) is 3.10. The topological polar surface area (TPSA) is 76.9 Å². The van der Waals surface area contributed by atoms with Crippen molar-refractivity contribution in [1.29, 1.82) is 0 Å². The van der Waals surface area contributed by atoms with Crippen molar-refractivity contribution >= 4 is 22.4 Å². The number of anilines is 1. The van der Waals surface area contributed by atoms with Gasteiger partial charge in [-0.1, -0.05) is 36.4 Å². The molecule has 0 fully saturated rings. The quantitative estimate of drug-likeness (QED) is 0.610. The van der Waals surface area contributed by atoms with Gasteiger partial charge in [-0.2, -0.15) is 5.10 Å². The third kappa shape index (κ3) is 3.74. The molecule has 27 heavy (non-hydrogen) atoms. The van der Waals surface area contributed by atoms with Crippen LogP contribution >= 0.6 is 0 Å². The first-order chi connectivity index (χ1) is 13.2. The predicted molar refractivity (Wildman–Crippen MR) is 104 cm³/mol. The van der Waals surface area contributed by atoms with Crippen molar-refractivity contribution in [3.63, 3.8) is 0 Å². The van der Waals surface area contributed by atoms with E-state index in [2.05, 4.69) is 15.4 Å². The van der Waals surface area contributed by atoms with Gasteiger partial charge in [-0.3, -0.25) is 14.6 Å². The number of carbonyl (C=O) groups excluding carboxylic acids is 1. The van der Waals surface area contributed by atoms with Crippen LogP contribution in [0.1, 0.15) is 0 Å². The lowest BCUT2D eigenvalue weighted by molar-refractivity contribution is -0.117. The highest BCUT2D eigenvalue weighted by Crippen LogP contribution is 2.22. The van der Waals surface area contributed by atoms with E-state index in [1.165, 1.54) is 6.07 Å². The maximum atomic E-state index is 12.2. The second kappa shape index (κ2) is 7.21. The Kier molecular flexibility index (Phi) is 4.45. The molecular formula is C21H16N4O2. The Balaban J connectivity index is 1.60. The first-order valence-corrected chi connectivity index (χ1v) is 8.46. The molecule has 2 aromatic carbocycles. The molecule has 4 rings (SSSR count). The minimum absolute atomic E-state index is 0.171. The second-order valence-electron chi connectivity index (χ2n) is 6.07. The summed E-state index contributed by atoms with van der Waals surface area (Å²) in [5, 5.41) is 9.28. The summed E-state index contributed by atoms with van der Waals surface area (Å²) in [6, 6.07) is 20.6. The first kappa shape index (κ1) is 16.7. The Labute approximate surface area is 155 Å². The number of fused-ring (bicyclic) bond motifs is 1. The standard InChI is InChI=1S/C21H16N4O2/c26-20(23-18-6-3-11-22-13-18)14-25-21(27)10-9-19(24-25)17-8-7-15-4-1-2-5-16(15)12-17/h1-13H,14H2,(H,23,26). The van der Waals surface area contributed by atoms with Crippen LogP contribution in [0.4, 0.5) is 5.69 Å². The number of nitrogens with one attached hydrogen (secondary N) is 1. The Morgan fingerprint density at radius 1 is 0.963 bits per heavy atom. The zero-order valence-corrected chi connectivity index (χ0v) is 14.4. The maximum absolute atomic E-state index is 12.2. The number of amides is 1. The van der Waals surface area contributed by atoms with Crippen LogP contribution < -0.4 is 10.9 Å². The number of hydrogen-bond acceptors (Lipinski definition) is 4. The summed E-state index contributed by atoms with van der Waals surface area (Å²) in [7, 11) is 0. The molecular weight excluding hydrogens is 340 g/mol. The van der Waals surface area contributed by atoms with Gasteiger partial charge in [0.05, 0.1) is 17.6 Å². The molecule has 132 valence electrons. The van der Waals surface area contributed by atoms with E-state index in [-0.39, 0.29) is 18.0 Å². The van der Waals surface area contributed by atoms with Crippen molar-refractivity contribution in [3.05, 3.63) is 89.5 Å². The van der Waals surface area contributed by atoms with Crippen LogP contribution in [-0.4, -0.2) is 20.7 Å². The third-order valence-corrected chi connectivity index (χ3v) is 4.15. The highest BCUT2D eigenvalue weighted by molar-refractivity contribution is 5.90. The van der Waals surface area contributed by atoms with E-state index in [1.807, 2.05) is 42.5 Å². The van der Waals surface area contributed by atoms with Crippen LogP contribution in [0.25, 0.3) is 22.0 Å². The van der Waals surface area contributed by atoms with Gasteiger partial charge >= 0.3 is 0 Å². The van der Waals surface area contributed by atoms with Gasteiger partial charge in [-0.15, -0.1) is 0 Å². The van der Waals surface area contributed by atoms with E-state index in [1.54, 1.807) is 30.6 Å². The Morgan fingerprint density at radius 3 is 2.63 bits per heavy atom. The van der Waals surface area contributed by atoms with Crippen molar-refractivity contribution in [2.45, 2.75) is 6.54 Å². The molecule has 0 aliphatic carbocycles. The summed E-state index contributed by atoms with van der Waals surface area (Å²) in [4.78, 5) is 28.3. The number of pyridine rings is 1. The minimum atomic E-state index is -0.340. The van der Waals surface area contributed by atoms with Crippen molar-refractivity contribution in [3.8, 4) is 11.3 Å². The summed E-state index contributed by atoms with van der Waals surface area (Å²) in [5.41, 5.74) is 1.76. The third-order valence-electron chi connectivity index (χ3n) is 4.15. The molecule has 0 saturated heterocycles. The zero-order valence-electron chi connectivity index (χ0n) is 14.4. The monoisotopic (exact) mass is 356 g/mol. The van der Waals surface area contributed by atoms with Gasteiger partial charge in [0.25, 0.3) is 5.56 Å². The van der Waals surface area contributed by atoms with Crippen LogP contribution in [0.3, 0.4) is 0 Å². The lowest BCUT2D eigenvalue weighted by Crippen LogP contribution is -2.29. The van der Waals surface area contributed by atoms with E-state index >= 15 is 0 Å². The van der Waals surface area contributed by atoms with Crippen molar-refractivity contribution in [2.24, 2.45) is 0 Å². The number of nitrogens with zero attached hydrogens (tertiary/aromatic N) is 3. The summed E-state index contributed by atoms with van der Waals surface area (Å²) >= 11 is 0. The smallest absolute Gasteiger partial charge is 0.267 e. The summed E-state index contributed by atoms with van der Waals surface area (Å²) in [6.07, 6.45) is 3.16. The fraction of sp³-hybridized carbons (Fsp3) is 0.0476. The van der Waals surface area contributed by atoms with E-state index in [9.17, 15) is 9.59 Å². The molecule has 4 aromatic rings. The van der Waals surface area contributed by atoms with E-state index < -0.39 is 0 Å². The maximum Gasteiger partial charge on any atom is 0.267 e. The molecule has 1 amide bonds. The van der Waals surface area contributed by atoms with E-state index in [0.29, 0.717) is 11.4 Å². The average molecular weight is 356 g/mol. The van der Waals surface area contributed by atoms with Crippen LogP contribution in [0, 0.1) is 0 Å². The molecule has 0 atom stereocenters. The van der Waals surface area contributed by atoms with Crippen LogP contribution in [0.15, 0.2) is 83.9 Å². The highest BCUT2D eigenvalue weighted by atomic mass is 16.2. The molecule has 0 unspecified atom stereocenters. The fourth-order valence-electron chi connectivity index (χ4n) is 2.84. The van der Waals surface area contributed by atoms with Gasteiger partial charge in [0, 0.05) is 17.8 Å². The largest absolute Gasteiger partial charge is 0.323 e. The lowest BCUT2D eigenvalue weighted by Gasteiger charge is -2.09. The summed E-state index contributed by atoms with van der Waals surface area (Å²) < 4.78 is 1.16. The summed E-state index contributed by atoms with van der Waals surface area (Å²) in [6.45, 7) is -0.171. The highest BCUT2D eigenvalue weighted by Gasteiger charge is 2.09. The van der Waals surface area contributed by atoms with Crippen LogP contribution in [0.2, 0.25) is 0 Å². The lowest BCUT2D eigenvalue weighted by atomic mass is 10.1. The molecule has 0 bridgehead atoms. The number of carbonyl (C=O) groups is 1. The molecule has 6 heteroatoms. The molecule has 6 nitrogen and oxygen atoms in total. The van der Waals surface area contributed by atoms with E-state index in [4.69, 9.17) is 0 Å². The number of hydrogen-bond donors (Lipinski definition) is 1. The van der Waals surface area contributed by atoms with Gasteiger partial charge in [0.2, 0.25) is 5.91 Å². The zero-order chi connectivity index (χ0) is 18.6. The van der Waals surface area contributed by atoms with Crippen molar-refractivity contribution in [1.82, 2.24) is 14.8 Å². The van der Waals surface area contributed by atoms with Gasteiger partial charge in [0.15, 0.2) is 0 Å². The minimum Gasteiger partial charge on any atom is -0.323 e. The number of aromatic nitrogens is 3. The number of benzene rings is 2. The van der Waals surface area contributed by atoms with E-state index in [0.717, 1.165) is 21.0 Å². The van der Waals surface area contributed by atoms with Crippen LogP contribution in [-0.2, 0) is 11.3 Å². The van der Waals surface area contributed by atoms with Gasteiger partial charge in [-0.05, 0) is 35.0 Å². The second-order valence-corrected chi connectivity index (χ2v) is 6.07. The average Bonchev–Trinajstić information content (AvgIpc) is 2.70. The summed E-state index contributed by atoms with van der Waals surface area (Å²) in [5.74, 6) is -0.340. The molecule has 0 saturated carbocycles. The van der Waals surface area contributed by atoms with Crippen molar-refractivity contribution < 1.29 is 4.79 Å². The Hall–Kier alpha value is -3.80. The Morgan fingerprint density at radius 2 is 1.81 bits per heavy atom. The molecule has 0 aliphatic rings. The first-order valence-electron chi connectivity index (χ1n) is 8.46. The van der Waals surface area contributed by atoms with Gasteiger partial charge < -0.3 is 5.32 Å². The molecule has 0 radical (unpaired) electrons. The molecule has 2 aromatic heterocycles. The molecule has 0 aliphatic heterocycles. The SMILES string of the molecule is O=C(Cn1nc(-c2ccc3ccccc3c2)ccc1=O)Nc1cccnc1. The molecule has 2 heterocycles.